The Kier molecular flexibility index (Phi) is 9.84. The van der Waals surface area contributed by atoms with E-state index in [9.17, 15) is 0 Å². The Labute approximate surface area is 181 Å². The molecule has 1 atom stereocenters. The topological polar surface area (TPSA) is 0 Å². The number of unbranched alkanes of at least 4 members (excludes halogenated alkanes) is 5. The molecule has 1 unspecified atom stereocenters. The Hall–Kier alpha value is -1.04. The van der Waals surface area contributed by atoms with E-state index in [0.29, 0.717) is 0 Å². The maximum absolute atomic E-state index is 2.56. The van der Waals surface area contributed by atoms with Crippen LogP contribution in [0, 0.1) is 11.8 Å². The lowest BCUT2D eigenvalue weighted by Crippen LogP contribution is -2.13. The van der Waals surface area contributed by atoms with E-state index in [4.69, 9.17) is 0 Å². The number of hydrogen-bond acceptors (Lipinski definition) is 0. The molecule has 2 aliphatic carbocycles. The van der Waals surface area contributed by atoms with Crippen LogP contribution in [-0.2, 0) is 0 Å². The van der Waals surface area contributed by atoms with Gasteiger partial charge in [-0.15, -0.1) is 0 Å². The van der Waals surface area contributed by atoms with Gasteiger partial charge in [0.05, 0.1) is 0 Å². The largest absolute Gasteiger partial charge is 0.0804 e. The van der Waals surface area contributed by atoms with E-state index in [1.54, 1.807) is 11.1 Å². The fourth-order valence-corrected chi connectivity index (χ4v) is 5.71. The van der Waals surface area contributed by atoms with Crippen molar-refractivity contribution in [1.82, 2.24) is 0 Å². The summed E-state index contributed by atoms with van der Waals surface area (Å²) in [7, 11) is 0. The molecule has 0 aromatic heterocycles. The van der Waals surface area contributed by atoms with Gasteiger partial charge in [-0.05, 0) is 79.4 Å². The summed E-state index contributed by atoms with van der Waals surface area (Å²) >= 11 is 0. The Morgan fingerprint density at radius 2 is 1.34 bits per heavy atom. The Bertz CT molecular complexity index is 585. The third-order valence-corrected chi connectivity index (χ3v) is 7.80. The monoisotopic (exact) mass is 394 g/mol. The SMILES string of the molecule is CCCCCCC1CC=C(c2ccc([C@H]3CC[C@H](CCCCC)CC3)cc2)CC1. The van der Waals surface area contributed by atoms with E-state index < -0.39 is 0 Å². The zero-order valence-electron chi connectivity index (χ0n) is 19.4. The van der Waals surface area contributed by atoms with Crippen LogP contribution in [0.3, 0.4) is 0 Å². The molecule has 1 fully saturated rings. The molecule has 0 nitrogen and oxygen atoms in total. The van der Waals surface area contributed by atoms with Gasteiger partial charge >= 0.3 is 0 Å². The van der Waals surface area contributed by atoms with Gasteiger partial charge in [0.2, 0.25) is 0 Å². The molecule has 0 N–H and O–H groups in total. The van der Waals surface area contributed by atoms with Gasteiger partial charge in [-0.3, -0.25) is 0 Å². The highest BCUT2D eigenvalue weighted by Crippen LogP contribution is 2.39. The minimum atomic E-state index is 0.819. The lowest BCUT2D eigenvalue weighted by Gasteiger charge is -2.29. The second-order valence-electron chi connectivity index (χ2n) is 10.1. The predicted molar refractivity (Wildman–Crippen MR) is 129 cm³/mol. The summed E-state index contributed by atoms with van der Waals surface area (Å²) in [6.07, 6.45) is 25.1. The third-order valence-electron chi connectivity index (χ3n) is 7.80. The molecule has 1 aromatic rings. The normalized spacial score (nSPS) is 25.0. The van der Waals surface area contributed by atoms with Gasteiger partial charge in [-0.1, -0.05) is 102 Å². The van der Waals surface area contributed by atoms with Crippen LogP contribution in [0.15, 0.2) is 30.3 Å². The Morgan fingerprint density at radius 1 is 0.690 bits per heavy atom. The van der Waals surface area contributed by atoms with Crippen molar-refractivity contribution in [3.8, 4) is 0 Å². The third kappa shape index (κ3) is 7.30. The zero-order chi connectivity index (χ0) is 20.3. The van der Waals surface area contributed by atoms with Crippen molar-refractivity contribution in [1.29, 1.82) is 0 Å². The van der Waals surface area contributed by atoms with E-state index in [2.05, 4.69) is 44.2 Å². The molecule has 0 heterocycles. The Balaban J connectivity index is 1.43. The van der Waals surface area contributed by atoms with Gasteiger partial charge in [-0.2, -0.15) is 0 Å². The van der Waals surface area contributed by atoms with Crippen molar-refractivity contribution < 1.29 is 0 Å². The summed E-state index contributed by atoms with van der Waals surface area (Å²) in [6, 6.07) is 9.76. The summed E-state index contributed by atoms with van der Waals surface area (Å²) < 4.78 is 0. The summed E-state index contributed by atoms with van der Waals surface area (Å²) in [6.45, 7) is 4.62. The molecule has 0 aliphatic heterocycles. The van der Waals surface area contributed by atoms with Gasteiger partial charge in [0.15, 0.2) is 0 Å². The molecule has 0 amide bonds. The van der Waals surface area contributed by atoms with Crippen LogP contribution in [0.1, 0.15) is 134 Å². The maximum atomic E-state index is 2.56. The van der Waals surface area contributed by atoms with Crippen molar-refractivity contribution in [2.45, 2.75) is 122 Å². The van der Waals surface area contributed by atoms with E-state index in [1.165, 1.54) is 108 Å². The fourth-order valence-electron chi connectivity index (χ4n) is 5.71. The van der Waals surface area contributed by atoms with Crippen molar-refractivity contribution >= 4 is 5.57 Å². The second-order valence-corrected chi connectivity index (χ2v) is 10.1. The molecule has 162 valence electrons. The van der Waals surface area contributed by atoms with E-state index >= 15 is 0 Å². The first-order chi connectivity index (χ1) is 14.3. The summed E-state index contributed by atoms with van der Waals surface area (Å²) in [4.78, 5) is 0. The molecule has 29 heavy (non-hydrogen) atoms. The molecule has 0 radical (unpaired) electrons. The summed E-state index contributed by atoms with van der Waals surface area (Å²) in [5, 5.41) is 0. The average molecular weight is 395 g/mol. The predicted octanol–water partition coefficient (Wildman–Crippen LogP) is 9.69. The van der Waals surface area contributed by atoms with Crippen molar-refractivity contribution in [2.24, 2.45) is 11.8 Å². The molecule has 0 heteroatoms. The first-order valence-electron chi connectivity index (χ1n) is 13.1. The highest BCUT2D eigenvalue weighted by Gasteiger charge is 2.22. The molecule has 0 bridgehead atoms. The minimum Gasteiger partial charge on any atom is -0.0804 e. The minimum absolute atomic E-state index is 0.819. The summed E-state index contributed by atoms with van der Waals surface area (Å²) in [5.74, 6) is 2.78. The van der Waals surface area contributed by atoms with Crippen LogP contribution >= 0.6 is 0 Å². The van der Waals surface area contributed by atoms with Gasteiger partial charge in [0.25, 0.3) is 0 Å². The standard InChI is InChI=1S/C29H46/c1-3-5-7-9-11-25-14-18-27(19-15-25)29-22-20-28(21-23-29)26-16-12-24(13-17-26)10-8-6-4-2/h18,20-26H,3-17,19H2,1-2H3/t24-,25?,26-. The van der Waals surface area contributed by atoms with Crippen molar-refractivity contribution in [3.05, 3.63) is 41.5 Å². The lowest BCUT2D eigenvalue weighted by atomic mass is 9.76. The van der Waals surface area contributed by atoms with Crippen LogP contribution < -0.4 is 0 Å². The first kappa shape index (κ1) is 22.6. The van der Waals surface area contributed by atoms with Crippen LogP contribution in [0.25, 0.3) is 5.57 Å². The highest BCUT2D eigenvalue weighted by molar-refractivity contribution is 5.66. The molecular weight excluding hydrogens is 348 g/mol. The summed E-state index contributed by atoms with van der Waals surface area (Å²) in [5.41, 5.74) is 4.71. The van der Waals surface area contributed by atoms with E-state index in [1.807, 2.05) is 0 Å². The maximum Gasteiger partial charge on any atom is -0.0162 e. The smallest absolute Gasteiger partial charge is 0.0162 e. The molecule has 1 aromatic carbocycles. The first-order valence-corrected chi connectivity index (χ1v) is 13.1. The second kappa shape index (κ2) is 12.6. The van der Waals surface area contributed by atoms with Gasteiger partial charge in [-0.25, -0.2) is 0 Å². The number of allylic oxidation sites excluding steroid dienone is 2. The molecule has 1 saturated carbocycles. The molecule has 2 aliphatic rings. The lowest BCUT2D eigenvalue weighted by molar-refractivity contribution is 0.303. The zero-order valence-corrected chi connectivity index (χ0v) is 19.4. The number of hydrogen-bond donors (Lipinski definition) is 0. The molecular formula is C29H46. The van der Waals surface area contributed by atoms with Gasteiger partial charge < -0.3 is 0 Å². The van der Waals surface area contributed by atoms with Crippen LogP contribution in [0.4, 0.5) is 0 Å². The molecule has 0 spiro atoms. The Morgan fingerprint density at radius 3 is 2.00 bits per heavy atom. The van der Waals surface area contributed by atoms with Gasteiger partial charge in [0.1, 0.15) is 0 Å². The average Bonchev–Trinajstić information content (AvgIpc) is 2.78. The highest BCUT2D eigenvalue weighted by atomic mass is 14.3. The number of benzene rings is 1. The van der Waals surface area contributed by atoms with Crippen molar-refractivity contribution in [3.63, 3.8) is 0 Å². The molecule has 0 saturated heterocycles. The van der Waals surface area contributed by atoms with Crippen LogP contribution in [0.5, 0.6) is 0 Å². The fraction of sp³-hybridized carbons (Fsp3) is 0.724. The quantitative estimate of drug-likeness (QED) is 0.328. The van der Waals surface area contributed by atoms with Crippen LogP contribution in [0.2, 0.25) is 0 Å². The van der Waals surface area contributed by atoms with Gasteiger partial charge in [0, 0.05) is 0 Å². The molecule has 3 rings (SSSR count). The van der Waals surface area contributed by atoms with Crippen LogP contribution in [-0.4, -0.2) is 0 Å². The van der Waals surface area contributed by atoms with E-state index in [-0.39, 0.29) is 0 Å². The van der Waals surface area contributed by atoms with Crippen molar-refractivity contribution in [2.75, 3.05) is 0 Å². The van der Waals surface area contributed by atoms with E-state index in [0.717, 1.165) is 17.8 Å². The number of rotatable bonds is 11.